The summed E-state index contributed by atoms with van der Waals surface area (Å²) < 4.78 is 10.5. The van der Waals surface area contributed by atoms with Gasteiger partial charge in [-0.2, -0.15) is 0 Å². The Labute approximate surface area is 119 Å². The van der Waals surface area contributed by atoms with Gasteiger partial charge in [-0.05, 0) is 26.3 Å². The number of benzene rings is 1. The van der Waals surface area contributed by atoms with Crippen molar-refractivity contribution >= 4 is 12.4 Å². The second-order valence-electron chi connectivity index (χ2n) is 5.37. The minimum absolute atomic E-state index is 0.118. The molecular formula is C15H21NO4. The molecule has 1 atom stereocenters. The Morgan fingerprint density at radius 3 is 2.50 bits per heavy atom. The third-order valence-corrected chi connectivity index (χ3v) is 2.38. The highest BCUT2D eigenvalue weighted by atomic mass is 16.5. The van der Waals surface area contributed by atoms with Crippen LogP contribution in [-0.4, -0.2) is 30.6 Å². The molecular weight excluding hydrogens is 258 g/mol. The van der Waals surface area contributed by atoms with E-state index in [1.165, 1.54) is 0 Å². The maximum absolute atomic E-state index is 11.6. The fraction of sp³-hybridized carbons (Fsp3) is 0.467. The number of alkyl carbamates (subject to hydrolysis) is 1. The minimum atomic E-state index is -0.711. The fourth-order valence-electron chi connectivity index (χ4n) is 1.37. The van der Waals surface area contributed by atoms with Crippen molar-refractivity contribution in [3.63, 3.8) is 0 Å². The number of aldehydes is 1. The first-order valence-electron chi connectivity index (χ1n) is 6.47. The maximum atomic E-state index is 11.6. The molecule has 0 spiro atoms. The second-order valence-corrected chi connectivity index (χ2v) is 5.37. The van der Waals surface area contributed by atoms with Crippen LogP contribution in [0, 0.1) is 0 Å². The Morgan fingerprint density at radius 1 is 1.30 bits per heavy atom. The highest BCUT2D eigenvalue weighted by molar-refractivity contribution is 5.73. The predicted molar refractivity (Wildman–Crippen MR) is 75.3 cm³/mol. The minimum Gasteiger partial charge on any atom is -0.445 e. The molecule has 110 valence electrons. The van der Waals surface area contributed by atoms with Gasteiger partial charge in [0.15, 0.2) is 0 Å². The Balaban J connectivity index is 2.34. The van der Waals surface area contributed by atoms with Gasteiger partial charge in [-0.25, -0.2) is 4.79 Å². The normalized spacial score (nSPS) is 12.6. The molecule has 0 aromatic heterocycles. The zero-order valence-electron chi connectivity index (χ0n) is 12.1. The average Bonchev–Trinajstić information content (AvgIpc) is 2.41. The number of carbonyl (C=O) groups is 2. The number of hydrogen-bond acceptors (Lipinski definition) is 4. The van der Waals surface area contributed by atoms with Crippen molar-refractivity contribution in [3.05, 3.63) is 35.9 Å². The topological polar surface area (TPSA) is 64.6 Å². The van der Waals surface area contributed by atoms with Crippen LogP contribution < -0.4 is 5.32 Å². The van der Waals surface area contributed by atoms with E-state index < -0.39 is 12.1 Å². The molecule has 0 unspecified atom stereocenters. The van der Waals surface area contributed by atoms with Gasteiger partial charge in [0.05, 0.1) is 12.2 Å². The van der Waals surface area contributed by atoms with Crippen LogP contribution in [0.3, 0.4) is 0 Å². The number of carbonyl (C=O) groups excluding carboxylic acids is 2. The van der Waals surface area contributed by atoms with Gasteiger partial charge in [-0.15, -0.1) is 0 Å². The molecule has 0 aliphatic carbocycles. The molecule has 20 heavy (non-hydrogen) atoms. The number of rotatable bonds is 6. The van der Waals surface area contributed by atoms with Crippen LogP contribution in [0.1, 0.15) is 26.3 Å². The van der Waals surface area contributed by atoms with E-state index >= 15 is 0 Å². The molecule has 1 aromatic rings. The van der Waals surface area contributed by atoms with E-state index in [4.69, 9.17) is 9.47 Å². The summed E-state index contributed by atoms with van der Waals surface area (Å²) in [6, 6.07) is 8.61. The molecule has 0 saturated carbocycles. The first-order valence-corrected chi connectivity index (χ1v) is 6.47. The van der Waals surface area contributed by atoms with Crippen LogP contribution in [-0.2, 0) is 20.9 Å². The molecule has 1 rings (SSSR count). The van der Waals surface area contributed by atoms with E-state index in [9.17, 15) is 9.59 Å². The Hall–Kier alpha value is -1.88. The van der Waals surface area contributed by atoms with Gasteiger partial charge in [-0.3, -0.25) is 0 Å². The van der Waals surface area contributed by atoms with Crippen molar-refractivity contribution < 1.29 is 19.1 Å². The first kappa shape index (κ1) is 16.2. The molecule has 0 fully saturated rings. The molecule has 1 amide bonds. The highest BCUT2D eigenvalue weighted by Gasteiger charge is 2.17. The summed E-state index contributed by atoms with van der Waals surface area (Å²) in [5.41, 5.74) is 0.521. The Morgan fingerprint density at radius 2 is 1.95 bits per heavy atom. The fourth-order valence-corrected chi connectivity index (χ4v) is 1.37. The van der Waals surface area contributed by atoms with E-state index in [1.54, 1.807) is 0 Å². The summed E-state index contributed by atoms with van der Waals surface area (Å²) >= 11 is 0. The van der Waals surface area contributed by atoms with Gasteiger partial charge in [0.2, 0.25) is 0 Å². The van der Waals surface area contributed by atoms with Crippen LogP contribution >= 0.6 is 0 Å². The third kappa shape index (κ3) is 6.89. The zero-order chi connectivity index (χ0) is 15.0. The number of hydrogen-bond donors (Lipinski definition) is 1. The molecule has 0 aliphatic rings. The molecule has 1 N–H and O–H groups in total. The monoisotopic (exact) mass is 279 g/mol. The van der Waals surface area contributed by atoms with Crippen molar-refractivity contribution in [3.8, 4) is 0 Å². The lowest BCUT2D eigenvalue weighted by atomic mass is 10.2. The van der Waals surface area contributed by atoms with E-state index in [0.717, 1.165) is 5.56 Å². The van der Waals surface area contributed by atoms with E-state index in [2.05, 4.69) is 5.32 Å². The molecule has 0 saturated heterocycles. The lowest BCUT2D eigenvalue weighted by molar-refractivity contribution is -0.112. The molecule has 5 heteroatoms. The Kier molecular flexibility index (Phi) is 6.18. The quantitative estimate of drug-likeness (QED) is 0.811. The lowest BCUT2D eigenvalue weighted by Gasteiger charge is -2.22. The molecule has 1 aromatic carbocycles. The summed E-state index contributed by atoms with van der Waals surface area (Å²) in [7, 11) is 0. The standard InChI is InChI=1S/C15H21NO4/c1-15(2,3)20-11-13(9-17)16-14(18)19-10-12-7-5-4-6-8-12/h4-9,13H,10-11H2,1-3H3,(H,16,18)/t13-/m0/s1. The summed E-state index contributed by atoms with van der Waals surface area (Å²) in [4.78, 5) is 22.4. The SMILES string of the molecule is CC(C)(C)OC[C@H](C=O)NC(=O)OCc1ccccc1. The van der Waals surface area contributed by atoms with Crippen LogP contribution in [0.15, 0.2) is 30.3 Å². The lowest BCUT2D eigenvalue weighted by Crippen LogP contribution is -2.41. The Bertz CT molecular complexity index is 425. The smallest absolute Gasteiger partial charge is 0.408 e. The van der Waals surface area contributed by atoms with Gasteiger partial charge in [-0.1, -0.05) is 30.3 Å². The third-order valence-electron chi connectivity index (χ3n) is 2.38. The molecule has 0 bridgehead atoms. The number of nitrogens with one attached hydrogen (secondary N) is 1. The summed E-state index contributed by atoms with van der Waals surface area (Å²) in [5.74, 6) is 0. The summed E-state index contributed by atoms with van der Waals surface area (Å²) in [6.07, 6.45) is -0.00124. The second kappa shape index (κ2) is 7.65. The first-order chi connectivity index (χ1) is 9.40. The van der Waals surface area contributed by atoms with E-state index in [0.29, 0.717) is 6.29 Å². The van der Waals surface area contributed by atoms with E-state index in [-0.39, 0.29) is 18.8 Å². The van der Waals surface area contributed by atoms with Gasteiger partial charge < -0.3 is 19.6 Å². The van der Waals surface area contributed by atoms with Crippen molar-refractivity contribution in [1.82, 2.24) is 5.32 Å². The highest BCUT2D eigenvalue weighted by Crippen LogP contribution is 2.07. The van der Waals surface area contributed by atoms with Crippen LogP contribution in [0.4, 0.5) is 4.79 Å². The summed E-state index contributed by atoms with van der Waals surface area (Å²) in [6.45, 7) is 5.92. The molecule has 0 heterocycles. The van der Waals surface area contributed by atoms with Crippen molar-refractivity contribution in [1.29, 1.82) is 0 Å². The number of ether oxygens (including phenoxy) is 2. The maximum Gasteiger partial charge on any atom is 0.408 e. The van der Waals surface area contributed by atoms with Gasteiger partial charge in [0.1, 0.15) is 18.9 Å². The predicted octanol–water partition coefficient (Wildman–Crippen LogP) is 2.30. The molecule has 5 nitrogen and oxygen atoms in total. The zero-order valence-corrected chi connectivity index (χ0v) is 12.1. The van der Waals surface area contributed by atoms with Crippen LogP contribution in [0.5, 0.6) is 0 Å². The largest absolute Gasteiger partial charge is 0.445 e. The van der Waals surface area contributed by atoms with Crippen LogP contribution in [0.2, 0.25) is 0 Å². The molecule has 0 aliphatic heterocycles. The van der Waals surface area contributed by atoms with Crippen molar-refractivity contribution in [2.24, 2.45) is 0 Å². The average molecular weight is 279 g/mol. The van der Waals surface area contributed by atoms with Gasteiger partial charge in [0, 0.05) is 0 Å². The van der Waals surface area contributed by atoms with Crippen molar-refractivity contribution in [2.45, 2.75) is 39.0 Å². The molecule has 0 radical (unpaired) electrons. The van der Waals surface area contributed by atoms with Crippen LogP contribution in [0.25, 0.3) is 0 Å². The summed E-state index contributed by atoms with van der Waals surface area (Å²) in [5, 5.41) is 2.46. The van der Waals surface area contributed by atoms with Gasteiger partial charge >= 0.3 is 6.09 Å². The van der Waals surface area contributed by atoms with Crippen molar-refractivity contribution in [2.75, 3.05) is 6.61 Å². The van der Waals surface area contributed by atoms with E-state index in [1.807, 2.05) is 51.1 Å². The van der Waals surface area contributed by atoms with Gasteiger partial charge in [0.25, 0.3) is 0 Å². The number of amides is 1.